The van der Waals surface area contributed by atoms with Crippen LogP contribution in [0.15, 0.2) is 12.2 Å². The quantitative estimate of drug-likeness (QED) is 0.0911. The molecule has 5 atom stereocenters. The Bertz CT molecular complexity index is 572. The van der Waals surface area contributed by atoms with Crippen molar-refractivity contribution in [2.75, 3.05) is 6.61 Å². The highest BCUT2D eigenvalue weighted by Gasteiger charge is 2.44. The van der Waals surface area contributed by atoms with E-state index in [9.17, 15) is 20.1 Å². The Labute approximate surface area is 226 Å². The van der Waals surface area contributed by atoms with Crippen LogP contribution in [0.5, 0.6) is 0 Å². The van der Waals surface area contributed by atoms with Crippen molar-refractivity contribution in [1.82, 2.24) is 5.32 Å². The number of aliphatic hydroxyl groups is 4. The number of nitrogens with one attached hydrogen (secondary N) is 1. The molecule has 1 rings (SSSR count). The lowest BCUT2D eigenvalue weighted by atomic mass is 9.97. The molecule has 1 heterocycles. The van der Waals surface area contributed by atoms with Crippen molar-refractivity contribution in [1.29, 1.82) is 0 Å². The molecule has 1 fully saturated rings. The van der Waals surface area contributed by atoms with E-state index in [1.165, 1.54) is 115 Å². The first-order chi connectivity index (χ1) is 18.0. The van der Waals surface area contributed by atoms with Gasteiger partial charge in [0.15, 0.2) is 6.29 Å². The molecule has 7 nitrogen and oxygen atoms in total. The van der Waals surface area contributed by atoms with Gasteiger partial charge in [0.1, 0.15) is 24.4 Å². The second-order valence-corrected chi connectivity index (χ2v) is 10.8. The topological polar surface area (TPSA) is 119 Å². The van der Waals surface area contributed by atoms with Crippen molar-refractivity contribution < 1.29 is 30.0 Å². The molecule has 0 spiro atoms. The van der Waals surface area contributed by atoms with E-state index < -0.39 is 43.2 Å². The summed E-state index contributed by atoms with van der Waals surface area (Å²) in [5.41, 5.74) is 0. The average molecular weight is 528 g/mol. The normalized spacial score (nSPS) is 24.1. The van der Waals surface area contributed by atoms with Crippen LogP contribution in [0.25, 0.3) is 0 Å². The predicted molar refractivity (Wildman–Crippen MR) is 149 cm³/mol. The second kappa shape index (κ2) is 22.9. The molecule has 7 heteroatoms. The minimum absolute atomic E-state index is 0.459. The van der Waals surface area contributed by atoms with Gasteiger partial charge in [0.2, 0.25) is 5.91 Å². The molecule has 1 aliphatic heterocycles. The Hall–Kier alpha value is -0.990. The fourth-order valence-corrected chi connectivity index (χ4v) is 5.00. The monoisotopic (exact) mass is 527 g/mol. The Morgan fingerprint density at radius 1 is 0.703 bits per heavy atom. The van der Waals surface area contributed by atoms with Crippen LogP contribution < -0.4 is 5.32 Å². The number of hydrogen-bond donors (Lipinski definition) is 5. The van der Waals surface area contributed by atoms with Crippen LogP contribution in [0.4, 0.5) is 0 Å². The zero-order chi connectivity index (χ0) is 27.1. The molecule has 0 saturated carbocycles. The number of carbonyl (C=O) groups excluding carboxylic acids is 1. The van der Waals surface area contributed by atoms with E-state index in [4.69, 9.17) is 9.84 Å². The van der Waals surface area contributed by atoms with Gasteiger partial charge in [-0.1, -0.05) is 129 Å². The lowest BCUT2D eigenvalue weighted by Crippen LogP contribution is -2.64. The van der Waals surface area contributed by atoms with Gasteiger partial charge in [-0.3, -0.25) is 4.79 Å². The van der Waals surface area contributed by atoms with Crippen LogP contribution in [0.1, 0.15) is 135 Å². The molecule has 5 N–H and O–H groups in total. The van der Waals surface area contributed by atoms with E-state index in [0.717, 1.165) is 19.3 Å². The van der Waals surface area contributed by atoms with Gasteiger partial charge in [0.25, 0.3) is 0 Å². The standard InChI is InChI=1S/C30H57NO6/c1-2-3-4-5-6-7-8-9-10-11-12-13-14-15-16-17-18-19-20-21-22-23-26(33)31-27-29(35)28(34)25(24-32)37-30(27)36/h22-23,25,27-30,32,34-36H,2-21,24H2,1H3,(H,31,33)/t25-,27-,28-,29-,30?/m1/s1. The summed E-state index contributed by atoms with van der Waals surface area (Å²) in [6, 6.07) is -1.15. The predicted octanol–water partition coefficient (Wildman–Crippen LogP) is 5.28. The van der Waals surface area contributed by atoms with E-state index in [2.05, 4.69) is 12.2 Å². The molecule has 0 aliphatic carbocycles. The van der Waals surface area contributed by atoms with Crippen molar-refractivity contribution in [2.45, 2.75) is 166 Å². The SMILES string of the molecule is CCCCCCCCCCCCCCCCCCCCCC=CC(=O)N[C@H]1C(O)O[C@H](CO)[C@@H](O)[C@@H]1O. The van der Waals surface area contributed by atoms with Crippen LogP contribution >= 0.6 is 0 Å². The fourth-order valence-electron chi connectivity index (χ4n) is 5.00. The van der Waals surface area contributed by atoms with Crippen molar-refractivity contribution in [2.24, 2.45) is 0 Å². The molecule has 218 valence electrons. The largest absolute Gasteiger partial charge is 0.394 e. The molecule has 0 aromatic rings. The van der Waals surface area contributed by atoms with Crippen molar-refractivity contribution in [3.8, 4) is 0 Å². The summed E-state index contributed by atoms with van der Waals surface area (Å²) >= 11 is 0. The van der Waals surface area contributed by atoms with Gasteiger partial charge in [0, 0.05) is 0 Å². The number of carbonyl (C=O) groups is 1. The first-order valence-corrected chi connectivity index (χ1v) is 15.3. The summed E-state index contributed by atoms with van der Waals surface area (Å²) in [5.74, 6) is -0.459. The molecule has 1 unspecified atom stereocenters. The van der Waals surface area contributed by atoms with E-state index in [0.29, 0.717) is 0 Å². The highest BCUT2D eigenvalue weighted by Crippen LogP contribution is 2.20. The van der Waals surface area contributed by atoms with Crippen LogP contribution in [0.2, 0.25) is 0 Å². The maximum absolute atomic E-state index is 12.1. The lowest BCUT2D eigenvalue weighted by Gasteiger charge is -2.40. The summed E-state index contributed by atoms with van der Waals surface area (Å²) in [5, 5.41) is 41.4. The average Bonchev–Trinajstić information content (AvgIpc) is 2.89. The number of amides is 1. The summed E-state index contributed by atoms with van der Waals surface area (Å²) in [6.45, 7) is 1.74. The highest BCUT2D eigenvalue weighted by molar-refractivity contribution is 5.87. The van der Waals surface area contributed by atoms with Crippen LogP contribution in [-0.2, 0) is 9.53 Å². The molecule has 0 aromatic carbocycles. The minimum atomic E-state index is -1.49. The second-order valence-electron chi connectivity index (χ2n) is 10.8. The molecule has 1 amide bonds. The minimum Gasteiger partial charge on any atom is -0.394 e. The van der Waals surface area contributed by atoms with Gasteiger partial charge in [-0.15, -0.1) is 0 Å². The van der Waals surface area contributed by atoms with Gasteiger partial charge < -0.3 is 30.5 Å². The first kappa shape index (κ1) is 34.0. The highest BCUT2D eigenvalue weighted by atomic mass is 16.6. The van der Waals surface area contributed by atoms with Gasteiger partial charge >= 0.3 is 0 Å². The van der Waals surface area contributed by atoms with Gasteiger partial charge in [0.05, 0.1) is 6.61 Å². The zero-order valence-corrected chi connectivity index (χ0v) is 23.5. The van der Waals surface area contributed by atoms with Crippen LogP contribution in [0, 0.1) is 0 Å². The third-order valence-electron chi connectivity index (χ3n) is 7.45. The number of allylic oxidation sites excluding steroid dienone is 1. The summed E-state index contributed by atoms with van der Waals surface area (Å²) in [7, 11) is 0. The van der Waals surface area contributed by atoms with Gasteiger partial charge in [-0.05, 0) is 18.9 Å². The van der Waals surface area contributed by atoms with E-state index >= 15 is 0 Å². The zero-order valence-electron chi connectivity index (χ0n) is 23.5. The maximum atomic E-state index is 12.1. The summed E-state index contributed by atoms with van der Waals surface area (Å²) in [6.07, 6.45) is 24.2. The van der Waals surface area contributed by atoms with Crippen LogP contribution in [0.3, 0.4) is 0 Å². The molecular weight excluding hydrogens is 470 g/mol. The smallest absolute Gasteiger partial charge is 0.244 e. The molecular formula is C30H57NO6. The number of hydrogen-bond acceptors (Lipinski definition) is 6. The fraction of sp³-hybridized carbons (Fsp3) is 0.900. The Kier molecular flexibility index (Phi) is 21.1. The number of unbranched alkanes of at least 4 members (excludes halogenated alkanes) is 19. The Morgan fingerprint density at radius 2 is 1.14 bits per heavy atom. The van der Waals surface area contributed by atoms with E-state index in [-0.39, 0.29) is 0 Å². The molecule has 1 saturated heterocycles. The van der Waals surface area contributed by atoms with Crippen molar-refractivity contribution >= 4 is 5.91 Å². The van der Waals surface area contributed by atoms with Gasteiger partial charge in [-0.2, -0.15) is 0 Å². The number of aliphatic hydroxyl groups excluding tert-OH is 4. The first-order valence-electron chi connectivity index (χ1n) is 15.3. The van der Waals surface area contributed by atoms with E-state index in [1.807, 2.05) is 0 Å². The Morgan fingerprint density at radius 3 is 1.57 bits per heavy atom. The molecule has 37 heavy (non-hydrogen) atoms. The third kappa shape index (κ3) is 16.6. The van der Waals surface area contributed by atoms with Crippen molar-refractivity contribution in [3.63, 3.8) is 0 Å². The number of ether oxygens (including phenoxy) is 1. The van der Waals surface area contributed by atoms with Crippen molar-refractivity contribution in [3.05, 3.63) is 12.2 Å². The summed E-state index contributed by atoms with van der Waals surface area (Å²) in [4.78, 5) is 12.1. The molecule has 0 radical (unpaired) electrons. The summed E-state index contributed by atoms with van der Waals surface area (Å²) < 4.78 is 5.04. The molecule has 0 bridgehead atoms. The van der Waals surface area contributed by atoms with Gasteiger partial charge in [-0.25, -0.2) is 0 Å². The maximum Gasteiger partial charge on any atom is 0.244 e. The lowest BCUT2D eigenvalue weighted by molar-refractivity contribution is -0.253. The Balaban J connectivity index is 1.88. The molecule has 0 aromatic heterocycles. The number of rotatable bonds is 23. The third-order valence-corrected chi connectivity index (χ3v) is 7.45. The molecule has 1 aliphatic rings. The van der Waals surface area contributed by atoms with Crippen LogP contribution in [-0.4, -0.2) is 63.6 Å². The van der Waals surface area contributed by atoms with E-state index in [1.54, 1.807) is 6.08 Å².